The predicted octanol–water partition coefficient (Wildman–Crippen LogP) is 4.02. The molecule has 0 amide bonds. The summed E-state index contributed by atoms with van der Waals surface area (Å²) in [7, 11) is 0. The molecule has 2 nitrogen and oxygen atoms in total. The Labute approximate surface area is 117 Å². The molecule has 92 valence electrons. The van der Waals surface area contributed by atoms with E-state index >= 15 is 0 Å². The monoisotopic (exact) mass is 324 g/mol. The second-order valence-corrected chi connectivity index (χ2v) is 5.55. The first-order valence-electron chi connectivity index (χ1n) is 5.14. The Hall–Kier alpha value is -1.33. The van der Waals surface area contributed by atoms with Crippen molar-refractivity contribution in [2.24, 2.45) is 5.73 Å². The molecule has 0 atom stereocenters. The van der Waals surface area contributed by atoms with Crippen LogP contribution in [0.5, 0.6) is 0 Å². The molecule has 0 spiro atoms. The number of hydrogen-bond acceptors (Lipinski definition) is 2. The van der Waals surface area contributed by atoms with Crippen molar-refractivity contribution in [1.82, 2.24) is 0 Å². The van der Waals surface area contributed by atoms with Crippen molar-refractivity contribution in [2.75, 3.05) is 0 Å². The fourth-order valence-electron chi connectivity index (χ4n) is 1.48. The molecule has 0 bridgehead atoms. The maximum Gasteiger partial charge on any atom is 0.125 e. The molecule has 0 saturated carbocycles. The van der Waals surface area contributed by atoms with Gasteiger partial charge in [-0.1, -0.05) is 17.8 Å². The lowest BCUT2D eigenvalue weighted by atomic mass is 10.2. The Morgan fingerprint density at radius 3 is 2.44 bits per heavy atom. The Morgan fingerprint density at radius 1 is 1.17 bits per heavy atom. The van der Waals surface area contributed by atoms with Crippen LogP contribution >= 0.6 is 27.7 Å². The predicted molar refractivity (Wildman–Crippen MR) is 75.7 cm³/mol. The number of amidine groups is 1. The van der Waals surface area contributed by atoms with Crippen LogP contribution in [0.1, 0.15) is 5.56 Å². The van der Waals surface area contributed by atoms with Crippen LogP contribution in [-0.4, -0.2) is 5.84 Å². The van der Waals surface area contributed by atoms with Gasteiger partial charge in [0.05, 0.1) is 0 Å². The van der Waals surface area contributed by atoms with Gasteiger partial charge in [-0.25, -0.2) is 4.39 Å². The SMILES string of the molecule is N=C(N)c1c(Br)cccc1Sc1ccc(F)cc1. The zero-order valence-electron chi connectivity index (χ0n) is 9.28. The van der Waals surface area contributed by atoms with E-state index in [9.17, 15) is 4.39 Å². The summed E-state index contributed by atoms with van der Waals surface area (Å²) in [6, 6.07) is 11.8. The molecule has 0 unspecified atom stereocenters. The normalized spacial score (nSPS) is 10.3. The van der Waals surface area contributed by atoms with Crippen molar-refractivity contribution in [1.29, 1.82) is 5.41 Å². The van der Waals surface area contributed by atoms with Gasteiger partial charge in [0.1, 0.15) is 11.7 Å². The Bertz CT molecular complexity index is 584. The van der Waals surface area contributed by atoms with Gasteiger partial charge in [-0.05, 0) is 52.3 Å². The van der Waals surface area contributed by atoms with Crippen LogP contribution in [-0.2, 0) is 0 Å². The van der Waals surface area contributed by atoms with E-state index in [1.165, 1.54) is 23.9 Å². The zero-order chi connectivity index (χ0) is 13.1. The second-order valence-electron chi connectivity index (χ2n) is 3.58. The highest BCUT2D eigenvalue weighted by atomic mass is 79.9. The molecule has 0 radical (unpaired) electrons. The third kappa shape index (κ3) is 2.91. The molecule has 3 N–H and O–H groups in total. The molecule has 0 heterocycles. The van der Waals surface area contributed by atoms with E-state index in [1.54, 1.807) is 12.1 Å². The minimum Gasteiger partial charge on any atom is -0.384 e. The highest BCUT2D eigenvalue weighted by Crippen LogP contribution is 2.33. The quantitative estimate of drug-likeness (QED) is 0.661. The summed E-state index contributed by atoms with van der Waals surface area (Å²) < 4.78 is 13.6. The Balaban J connectivity index is 2.37. The standard InChI is InChI=1S/C13H10BrFN2S/c14-10-2-1-3-11(12(10)13(16)17)18-9-6-4-8(15)5-7-9/h1-7H,(H3,16,17). The number of hydrogen-bond donors (Lipinski definition) is 2. The molecule has 0 fully saturated rings. The zero-order valence-corrected chi connectivity index (χ0v) is 11.7. The summed E-state index contributed by atoms with van der Waals surface area (Å²) in [6.45, 7) is 0. The summed E-state index contributed by atoms with van der Waals surface area (Å²) in [5.41, 5.74) is 6.23. The molecule has 2 aromatic rings. The minimum atomic E-state index is -0.264. The summed E-state index contributed by atoms with van der Waals surface area (Å²) in [5.74, 6) is -0.257. The van der Waals surface area contributed by atoms with E-state index in [1.807, 2.05) is 18.2 Å². The number of benzene rings is 2. The first-order valence-corrected chi connectivity index (χ1v) is 6.75. The summed E-state index contributed by atoms with van der Waals surface area (Å²) >= 11 is 4.83. The van der Waals surface area contributed by atoms with Crippen LogP contribution in [0, 0.1) is 11.2 Å². The number of nitrogens with one attached hydrogen (secondary N) is 1. The van der Waals surface area contributed by atoms with E-state index in [0.717, 1.165) is 14.3 Å². The van der Waals surface area contributed by atoms with Gasteiger partial charge in [-0.3, -0.25) is 5.41 Å². The second kappa shape index (κ2) is 5.54. The molecule has 5 heteroatoms. The summed E-state index contributed by atoms with van der Waals surface area (Å²) in [4.78, 5) is 1.76. The van der Waals surface area contributed by atoms with Crippen molar-refractivity contribution in [3.8, 4) is 0 Å². The van der Waals surface area contributed by atoms with E-state index in [2.05, 4.69) is 15.9 Å². The minimum absolute atomic E-state index is 0.00656. The topological polar surface area (TPSA) is 49.9 Å². The fraction of sp³-hybridized carbons (Fsp3) is 0. The van der Waals surface area contributed by atoms with Gasteiger partial charge >= 0.3 is 0 Å². The molecule has 2 rings (SSSR count). The largest absolute Gasteiger partial charge is 0.384 e. The van der Waals surface area contributed by atoms with Gasteiger partial charge in [0.15, 0.2) is 0 Å². The highest BCUT2D eigenvalue weighted by molar-refractivity contribution is 9.10. The van der Waals surface area contributed by atoms with Gasteiger partial charge < -0.3 is 5.73 Å². The smallest absolute Gasteiger partial charge is 0.125 e. The van der Waals surface area contributed by atoms with Crippen molar-refractivity contribution < 1.29 is 4.39 Å². The lowest BCUT2D eigenvalue weighted by Crippen LogP contribution is -2.13. The van der Waals surface area contributed by atoms with Gasteiger partial charge in [-0.2, -0.15) is 0 Å². The average molecular weight is 325 g/mol. The van der Waals surface area contributed by atoms with Gasteiger partial charge in [-0.15, -0.1) is 0 Å². The Morgan fingerprint density at radius 2 is 1.83 bits per heavy atom. The highest BCUT2D eigenvalue weighted by Gasteiger charge is 2.10. The van der Waals surface area contributed by atoms with Gasteiger partial charge in [0, 0.05) is 19.8 Å². The number of rotatable bonds is 3. The van der Waals surface area contributed by atoms with Crippen molar-refractivity contribution in [3.05, 3.63) is 58.3 Å². The number of nitrogen functional groups attached to an aromatic ring is 1. The van der Waals surface area contributed by atoms with Crippen LogP contribution < -0.4 is 5.73 Å². The number of nitrogens with two attached hydrogens (primary N) is 1. The molecular weight excluding hydrogens is 315 g/mol. The van der Waals surface area contributed by atoms with Crippen molar-refractivity contribution in [2.45, 2.75) is 9.79 Å². The maximum atomic E-state index is 12.8. The van der Waals surface area contributed by atoms with Crippen LogP contribution in [0.2, 0.25) is 0 Å². The summed E-state index contributed by atoms with van der Waals surface area (Å²) in [5, 5.41) is 7.59. The van der Waals surface area contributed by atoms with Gasteiger partial charge in [0.2, 0.25) is 0 Å². The van der Waals surface area contributed by atoms with Crippen LogP contribution in [0.25, 0.3) is 0 Å². The molecule has 18 heavy (non-hydrogen) atoms. The fourth-order valence-corrected chi connectivity index (χ4v) is 3.19. The third-order valence-corrected chi connectivity index (χ3v) is 4.01. The lowest BCUT2D eigenvalue weighted by Gasteiger charge is -2.09. The van der Waals surface area contributed by atoms with Crippen molar-refractivity contribution >= 4 is 33.5 Å². The van der Waals surface area contributed by atoms with E-state index < -0.39 is 0 Å². The van der Waals surface area contributed by atoms with Crippen LogP contribution in [0.4, 0.5) is 4.39 Å². The molecule has 0 saturated heterocycles. The molecule has 0 aromatic heterocycles. The Kier molecular flexibility index (Phi) is 4.04. The lowest BCUT2D eigenvalue weighted by molar-refractivity contribution is 0.626. The molecular formula is C13H10BrFN2S. The number of halogens is 2. The van der Waals surface area contributed by atoms with E-state index in [-0.39, 0.29) is 11.7 Å². The summed E-state index contributed by atoms with van der Waals surface area (Å²) in [6.07, 6.45) is 0. The molecule has 2 aromatic carbocycles. The van der Waals surface area contributed by atoms with Crippen LogP contribution in [0.15, 0.2) is 56.7 Å². The first kappa shape index (κ1) is 13.1. The van der Waals surface area contributed by atoms with E-state index in [0.29, 0.717) is 5.56 Å². The van der Waals surface area contributed by atoms with Crippen LogP contribution in [0.3, 0.4) is 0 Å². The molecule has 0 aliphatic carbocycles. The van der Waals surface area contributed by atoms with Gasteiger partial charge in [0.25, 0.3) is 0 Å². The van der Waals surface area contributed by atoms with E-state index in [4.69, 9.17) is 11.1 Å². The maximum absolute atomic E-state index is 12.8. The van der Waals surface area contributed by atoms with Crippen molar-refractivity contribution in [3.63, 3.8) is 0 Å². The molecule has 0 aliphatic rings. The molecule has 0 aliphatic heterocycles. The average Bonchev–Trinajstić information content (AvgIpc) is 2.32. The third-order valence-electron chi connectivity index (χ3n) is 2.29. The first-order chi connectivity index (χ1) is 8.58.